The molecule has 0 aliphatic heterocycles. The topological polar surface area (TPSA) is 66.4 Å². The van der Waals surface area contributed by atoms with Gasteiger partial charge in [-0.1, -0.05) is 77.6 Å². The standard InChI is InChI=1S/C18H33NO3.Na.H/c1-2-3-4-5-6-7-8-9-10-11-12-13-16-19-17(20)14-15-18(21)22;;/h14-15H,2-13,16H2,1H3,(H,19,20)(H,21,22);;/q;+1;-1/b15-14-;;. The Balaban J connectivity index is -0.00000220. The molecule has 5 heteroatoms. The Morgan fingerprint density at radius 1 is 0.826 bits per heavy atom. The van der Waals surface area contributed by atoms with Crippen molar-refractivity contribution in [1.29, 1.82) is 0 Å². The molecule has 0 radical (unpaired) electrons. The third kappa shape index (κ3) is 21.7. The van der Waals surface area contributed by atoms with E-state index in [1.165, 1.54) is 64.2 Å². The SMILES string of the molecule is CCCCCCCCCCCCCCNC(=O)/C=C\C(=O)O.[H-].[Na+]. The molecule has 0 atom stereocenters. The van der Waals surface area contributed by atoms with Crippen molar-refractivity contribution in [3.63, 3.8) is 0 Å². The van der Waals surface area contributed by atoms with Crippen molar-refractivity contribution < 1.29 is 45.7 Å². The van der Waals surface area contributed by atoms with Gasteiger partial charge in [0.15, 0.2) is 0 Å². The molecule has 0 aromatic heterocycles. The van der Waals surface area contributed by atoms with Gasteiger partial charge in [0, 0.05) is 18.7 Å². The normalized spacial score (nSPS) is 10.5. The van der Waals surface area contributed by atoms with Gasteiger partial charge in [0.05, 0.1) is 0 Å². The van der Waals surface area contributed by atoms with Crippen molar-refractivity contribution in [2.24, 2.45) is 0 Å². The maximum atomic E-state index is 11.2. The Bertz CT molecular complexity index is 325. The van der Waals surface area contributed by atoms with Crippen LogP contribution in [0.1, 0.15) is 85.4 Å². The molecule has 0 aliphatic rings. The molecular formula is C18H34NNaO3. The molecule has 0 aromatic carbocycles. The Morgan fingerprint density at radius 3 is 1.70 bits per heavy atom. The molecule has 0 bridgehead atoms. The number of carbonyl (C=O) groups excluding carboxylic acids is 1. The first-order valence-corrected chi connectivity index (χ1v) is 8.85. The minimum atomic E-state index is -1.10. The second kappa shape index (κ2) is 19.7. The number of carbonyl (C=O) groups is 2. The average Bonchev–Trinajstić information content (AvgIpc) is 2.49. The van der Waals surface area contributed by atoms with Crippen LogP contribution >= 0.6 is 0 Å². The van der Waals surface area contributed by atoms with Crippen LogP contribution in [0.3, 0.4) is 0 Å². The van der Waals surface area contributed by atoms with Gasteiger partial charge in [-0.15, -0.1) is 0 Å². The number of rotatable bonds is 15. The predicted octanol–water partition coefficient (Wildman–Crippen LogP) is 1.56. The fourth-order valence-electron chi connectivity index (χ4n) is 2.38. The van der Waals surface area contributed by atoms with E-state index in [-0.39, 0.29) is 36.9 Å². The van der Waals surface area contributed by atoms with Crippen molar-refractivity contribution in [2.75, 3.05) is 6.54 Å². The molecule has 0 fully saturated rings. The van der Waals surface area contributed by atoms with Crippen LogP contribution in [-0.2, 0) is 9.59 Å². The molecular weight excluding hydrogens is 301 g/mol. The summed E-state index contributed by atoms with van der Waals surface area (Å²) in [5.74, 6) is -1.43. The maximum absolute atomic E-state index is 11.2. The molecule has 0 heterocycles. The minimum absolute atomic E-state index is 0. The first kappa shape index (κ1) is 24.9. The molecule has 0 spiro atoms. The summed E-state index contributed by atoms with van der Waals surface area (Å²) in [6, 6.07) is 0. The van der Waals surface area contributed by atoms with E-state index in [0.29, 0.717) is 6.54 Å². The van der Waals surface area contributed by atoms with Crippen molar-refractivity contribution in [3.8, 4) is 0 Å². The van der Waals surface area contributed by atoms with E-state index >= 15 is 0 Å². The summed E-state index contributed by atoms with van der Waals surface area (Å²) in [7, 11) is 0. The molecule has 0 aromatic rings. The molecule has 4 nitrogen and oxygen atoms in total. The molecule has 0 saturated carbocycles. The maximum Gasteiger partial charge on any atom is 1.00 e. The smallest absolute Gasteiger partial charge is 1.00 e. The van der Waals surface area contributed by atoms with Crippen molar-refractivity contribution in [3.05, 3.63) is 12.2 Å². The average molecular weight is 335 g/mol. The second-order valence-corrected chi connectivity index (χ2v) is 5.85. The van der Waals surface area contributed by atoms with Crippen LogP contribution in [-0.4, -0.2) is 23.5 Å². The van der Waals surface area contributed by atoms with Crippen molar-refractivity contribution >= 4 is 11.9 Å². The fraction of sp³-hybridized carbons (Fsp3) is 0.778. The predicted molar refractivity (Wildman–Crippen MR) is 92.0 cm³/mol. The number of unbranched alkanes of at least 4 members (excludes halogenated alkanes) is 11. The molecule has 0 rings (SSSR count). The molecule has 130 valence electrons. The number of carboxylic acid groups (broad SMARTS) is 1. The monoisotopic (exact) mass is 335 g/mol. The summed E-state index contributed by atoms with van der Waals surface area (Å²) in [4.78, 5) is 21.4. The molecule has 0 aliphatic carbocycles. The minimum Gasteiger partial charge on any atom is -1.00 e. The summed E-state index contributed by atoms with van der Waals surface area (Å²) < 4.78 is 0. The summed E-state index contributed by atoms with van der Waals surface area (Å²) in [6.45, 7) is 2.87. The Morgan fingerprint density at radius 2 is 1.26 bits per heavy atom. The van der Waals surface area contributed by atoms with Crippen LogP contribution in [0.5, 0.6) is 0 Å². The second-order valence-electron chi connectivity index (χ2n) is 5.85. The van der Waals surface area contributed by atoms with E-state index < -0.39 is 5.97 Å². The largest absolute Gasteiger partial charge is 1.00 e. The van der Waals surface area contributed by atoms with Gasteiger partial charge in [-0.2, -0.15) is 0 Å². The third-order valence-corrected chi connectivity index (χ3v) is 3.71. The van der Waals surface area contributed by atoms with Crippen LogP contribution in [0.2, 0.25) is 0 Å². The number of nitrogens with one attached hydrogen (secondary N) is 1. The van der Waals surface area contributed by atoms with E-state index in [0.717, 1.165) is 25.0 Å². The molecule has 23 heavy (non-hydrogen) atoms. The quantitative estimate of drug-likeness (QED) is 0.271. The molecule has 0 unspecified atom stereocenters. The number of aliphatic carboxylic acids is 1. The summed E-state index contributed by atoms with van der Waals surface area (Å²) >= 11 is 0. The molecule has 0 saturated heterocycles. The van der Waals surface area contributed by atoms with Crippen LogP contribution in [0, 0.1) is 0 Å². The Labute approximate surface area is 165 Å². The number of hydrogen-bond acceptors (Lipinski definition) is 2. The summed E-state index contributed by atoms with van der Waals surface area (Å²) in [5, 5.41) is 11.1. The molecule has 2 N–H and O–H groups in total. The fourth-order valence-corrected chi connectivity index (χ4v) is 2.38. The van der Waals surface area contributed by atoms with Crippen molar-refractivity contribution in [2.45, 2.75) is 84.0 Å². The van der Waals surface area contributed by atoms with Gasteiger partial charge in [0.1, 0.15) is 0 Å². The van der Waals surface area contributed by atoms with E-state index in [1.807, 2.05) is 0 Å². The first-order valence-electron chi connectivity index (χ1n) is 8.85. The summed E-state index contributed by atoms with van der Waals surface area (Å²) in [6.07, 6.45) is 17.4. The molecule has 1 amide bonds. The van der Waals surface area contributed by atoms with E-state index in [4.69, 9.17) is 5.11 Å². The van der Waals surface area contributed by atoms with Gasteiger partial charge in [-0.3, -0.25) is 4.79 Å². The van der Waals surface area contributed by atoms with Crippen LogP contribution in [0.4, 0.5) is 0 Å². The van der Waals surface area contributed by atoms with Gasteiger partial charge in [-0.25, -0.2) is 4.79 Å². The van der Waals surface area contributed by atoms with E-state index in [9.17, 15) is 9.59 Å². The van der Waals surface area contributed by atoms with Crippen molar-refractivity contribution in [1.82, 2.24) is 5.32 Å². The van der Waals surface area contributed by atoms with E-state index in [1.54, 1.807) is 0 Å². The van der Waals surface area contributed by atoms with Gasteiger partial charge >= 0.3 is 35.5 Å². The Kier molecular flexibility index (Phi) is 21.4. The van der Waals surface area contributed by atoms with E-state index in [2.05, 4.69) is 12.2 Å². The van der Waals surface area contributed by atoms with Gasteiger partial charge in [-0.05, 0) is 6.42 Å². The van der Waals surface area contributed by atoms with Gasteiger partial charge in [0.25, 0.3) is 0 Å². The van der Waals surface area contributed by atoms with Crippen LogP contribution in [0.15, 0.2) is 12.2 Å². The van der Waals surface area contributed by atoms with Gasteiger partial charge < -0.3 is 11.8 Å². The zero-order valence-electron chi connectivity index (χ0n) is 16.1. The number of amides is 1. The van der Waals surface area contributed by atoms with Crippen LogP contribution < -0.4 is 34.9 Å². The number of hydrogen-bond donors (Lipinski definition) is 2. The van der Waals surface area contributed by atoms with Gasteiger partial charge in [0.2, 0.25) is 5.91 Å². The first-order chi connectivity index (χ1) is 10.7. The summed E-state index contributed by atoms with van der Waals surface area (Å²) in [5.41, 5.74) is 0. The Hall–Kier alpha value is -0.320. The third-order valence-electron chi connectivity index (χ3n) is 3.71. The zero-order valence-corrected chi connectivity index (χ0v) is 17.1. The number of carboxylic acids is 1. The van der Waals surface area contributed by atoms with Crippen LogP contribution in [0.25, 0.3) is 0 Å². The zero-order chi connectivity index (χ0) is 16.5.